The SMILES string of the molecule is COc1ccc2[nH]cc(CCN=C(N)Nc3ccc([N+](=O)[O-])cn3)c2c1. The molecule has 134 valence electrons. The second-order valence-corrected chi connectivity index (χ2v) is 5.53. The number of nitrogens with two attached hydrogens (primary N) is 1. The second kappa shape index (κ2) is 7.51. The Morgan fingerprint density at radius 3 is 2.96 bits per heavy atom. The van der Waals surface area contributed by atoms with Crippen LogP contribution in [-0.4, -0.2) is 34.5 Å². The smallest absolute Gasteiger partial charge is 0.287 e. The fourth-order valence-electron chi connectivity index (χ4n) is 2.53. The number of guanidine groups is 1. The third-order valence-electron chi connectivity index (χ3n) is 3.85. The van der Waals surface area contributed by atoms with Crippen LogP contribution in [0.2, 0.25) is 0 Å². The Balaban J connectivity index is 1.62. The van der Waals surface area contributed by atoms with Gasteiger partial charge in [-0.1, -0.05) is 0 Å². The van der Waals surface area contributed by atoms with Crippen molar-refractivity contribution in [1.82, 2.24) is 9.97 Å². The fraction of sp³-hybridized carbons (Fsp3) is 0.176. The molecule has 1 aromatic carbocycles. The normalized spacial score (nSPS) is 11.5. The van der Waals surface area contributed by atoms with Gasteiger partial charge in [0, 0.05) is 29.7 Å². The summed E-state index contributed by atoms with van der Waals surface area (Å²) in [4.78, 5) is 21.5. The minimum Gasteiger partial charge on any atom is -0.497 e. The van der Waals surface area contributed by atoms with Gasteiger partial charge in [0.25, 0.3) is 5.69 Å². The Morgan fingerprint density at radius 1 is 1.42 bits per heavy atom. The van der Waals surface area contributed by atoms with E-state index in [9.17, 15) is 10.1 Å². The average Bonchev–Trinajstić information content (AvgIpc) is 3.04. The first-order valence-electron chi connectivity index (χ1n) is 7.88. The maximum Gasteiger partial charge on any atom is 0.287 e. The summed E-state index contributed by atoms with van der Waals surface area (Å²) in [6.45, 7) is 0.482. The van der Waals surface area contributed by atoms with Crippen molar-refractivity contribution in [3.63, 3.8) is 0 Å². The Morgan fingerprint density at radius 2 is 2.27 bits per heavy atom. The third kappa shape index (κ3) is 3.89. The number of aliphatic imine (C=N–C) groups is 1. The molecule has 0 radical (unpaired) electrons. The van der Waals surface area contributed by atoms with Crippen molar-refractivity contribution in [2.75, 3.05) is 19.0 Å². The van der Waals surface area contributed by atoms with Gasteiger partial charge in [-0.15, -0.1) is 0 Å². The van der Waals surface area contributed by atoms with Gasteiger partial charge in [0.05, 0.1) is 12.0 Å². The lowest BCUT2D eigenvalue weighted by atomic mass is 10.1. The molecule has 0 atom stereocenters. The molecule has 0 aliphatic carbocycles. The molecule has 2 heterocycles. The van der Waals surface area contributed by atoms with Crippen LogP contribution >= 0.6 is 0 Å². The number of fused-ring (bicyclic) bond motifs is 1. The van der Waals surface area contributed by atoms with Gasteiger partial charge in [-0.25, -0.2) is 4.98 Å². The van der Waals surface area contributed by atoms with Crippen LogP contribution in [0, 0.1) is 10.1 Å². The molecule has 9 heteroatoms. The summed E-state index contributed by atoms with van der Waals surface area (Å²) < 4.78 is 5.26. The molecule has 0 bridgehead atoms. The number of rotatable bonds is 6. The predicted octanol–water partition coefficient (Wildman–Crippen LogP) is 2.45. The summed E-state index contributed by atoms with van der Waals surface area (Å²) in [6.07, 6.45) is 3.80. The first-order chi connectivity index (χ1) is 12.6. The van der Waals surface area contributed by atoms with E-state index in [1.54, 1.807) is 7.11 Å². The zero-order valence-electron chi connectivity index (χ0n) is 14.1. The lowest BCUT2D eigenvalue weighted by molar-refractivity contribution is -0.385. The number of anilines is 1. The maximum atomic E-state index is 10.6. The van der Waals surface area contributed by atoms with Crippen molar-refractivity contribution in [1.29, 1.82) is 0 Å². The van der Waals surface area contributed by atoms with Crippen molar-refractivity contribution >= 4 is 28.4 Å². The zero-order chi connectivity index (χ0) is 18.5. The average molecular weight is 354 g/mol. The standard InChI is InChI=1S/C17H18N6O3/c1-26-13-3-4-15-14(8-13)11(9-20-15)6-7-19-17(18)22-16-5-2-12(10-21-16)23(24)25/h2-5,8-10,20H,6-7H2,1H3,(H3,18,19,21,22). The molecule has 4 N–H and O–H groups in total. The van der Waals surface area contributed by atoms with Gasteiger partial charge >= 0.3 is 0 Å². The monoisotopic (exact) mass is 354 g/mol. The highest BCUT2D eigenvalue weighted by Crippen LogP contribution is 2.23. The topological polar surface area (TPSA) is 131 Å². The van der Waals surface area contributed by atoms with Crippen LogP contribution in [0.25, 0.3) is 10.9 Å². The molecule has 0 fully saturated rings. The Bertz CT molecular complexity index is 949. The molecule has 0 aliphatic rings. The molecule has 3 rings (SSSR count). The summed E-state index contributed by atoms with van der Waals surface area (Å²) in [7, 11) is 1.64. The number of hydrogen-bond donors (Lipinski definition) is 3. The van der Waals surface area contributed by atoms with E-state index in [4.69, 9.17) is 10.5 Å². The molecule has 0 saturated carbocycles. The second-order valence-electron chi connectivity index (χ2n) is 5.53. The Hall–Kier alpha value is -3.62. The van der Waals surface area contributed by atoms with E-state index >= 15 is 0 Å². The molecule has 9 nitrogen and oxygen atoms in total. The number of nitrogens with zero attached hydrogens (tertiary/aromatic N) is 3. The number of nitro groups is 1. The molecule has 26 heavy (non-hydrogen) atoms. The molecule has 0 aliphatic heterocycles. The van der Waals surface area contributed by atoms with E-state index in [0.29, 0.717) is 18.8 Å². The quantitative estimate of drug-likeness (QED) is 0.270. The van der Waals surface area contributed by atoms with E-state index < -0.39 is 4.92 Å². The number of ether oxygens (including phenoxy) is 1. The summed E-state index contributed by atoms with van der Waals surface area (Å²) >= 11 is 0. The van der Waals surface area contributed by atoms with Crippen molar-refractivity contribution in [2.24, 2.45) is 10.7 Å². The number of aromatic amines is 1. The van der Waals surface area contributed by atoms with Crippen LogP contribution in [0.4, 0.5) is 11.5 Å². The highest BCUT2D eigenvalue weighted by atomic mass is 16.6. The van der Waals surface area contributed by atoms with Crippen molar-refractivity contribution < 1.29 is 9.66 Å². The Kier molecular flexibility index (Phi) is 4.97. The van der Waals surface area contributed by atoms with Crippen LogP contribution in [0.15, 0.2) is 47.7 Å². The van der Waals surface area contributed by atoms with E-state index in [1.165, 1.54) is 12.1 Å². The van der Waals surface area contributed by atoms with Gasteiger partial charge < -0.3 is 20.8 Å². The van der Waals surface area contributed by atoms with Crippen LogP contribution in [-0.2, 0) is 6.42 Å². The van der Waals surface area contributed by atoms with Gasteiger partial charge in [0.1, 0.15) is 17.8 Å². The molecular weight excluding hydrogens is 336 g/mol. The minimum atomic E-state index is -0.510. The van der Waals surface area contributed by atoms with E-state index in [1.807, 2.05) is 24.4 Å². The first-order valence-corrected chi connectivity index (χ1v) is 7.88. The van der Waals surface area contributed by atoms with Crippen molar-refractivity contribution in [3.8, 4) is 5.75 Å². The molecule has 0 saturated heterocycles. The number of benzene rings is 1. The van der Waals surface area contributed by atoms with E-state index in [0.717, 1.165) is 28.4 Å². The lowest BCUT2D eigenvalue weighted by Crippen LogP contribution is -2.23. The largest absolute Gasteiger partial charge is 0.497 e. The van der Waals surface area contributed by atoms with Gasteiger partial charge in [-0.05, 0) is 36.2 Å². The summed E-state index contributed by atoms with van der Waals surface area (Å²) in [5.74, 6) is 1.39. The van der Waals surface area contributed by atoms with Crippen molar-refractivity contribution in [3.05, 3.63) is 58.4 Å². The third-order valence-corrected chi connectivity index (χ3v) is 3.85. The number of aromatic nitrogens is 2. The van der Waals surface area contributed by atoms with Crippen LogP contribution in [0.1, 0.15) is 5.56 Å². The van der Waals surface area contributed by atoms with Gasteiger partial charge in [0.15, 0.2) is 5.96 Å². The number of methoxy groups -OCH3 is 1. The van der Waals surface area contributed by atoms with Crippen LogP contribution in [0.5, 0.6) is 5.75 Å². The van der Waals surface area contributed by atoms with E-state index in [-0.39, 0.29) is 11.6 Å². The molecule has 0 unspecified atom stereocenters. The number of pyridine rings is 1. The van der Waals surface area contributed by atoms with Crippen LogP contribution < -0.4 is 15.8 Å². The maximum absolute atomic E-state index is 10.6. The first kappa shape index (κ1) is 17.2. The fourth-order valence-corrected chi connectivity index (χ4v) is 2.53. The lowest BCUT2D eigenvalue weighted by Gasteiger charge is -2.04. The number of H-pyrrole nitrogens is 1. The van der Waals surface area contributed by atoms with Gasteiger partial charge in [-0.3, -0.25) is 15.1 Å². The van der Waals surface area contributed by atoms with Gasteiger partial charge in [0.2, 0.25) is 0 Å². The zero-order valence-corrected chi connectivity index (χ0v) is 14.1. The number of nitrogens with one attached hydrogen (secondary N) is 2. The minimum absolute atomic E-state index is 0.0826. The molecule has 0 amide bonds. The Labute approximate surface area is 149 Å². The summed E-state index contributed by atoms with van der Waals surface area (Å²) in [6, 6.07) is 8.68. The summed E-state index contributed by atoms with van der Waals surface area (Å²) in [5, 5.41) is 14.5. The highest BCUT2D eigenvalue weighted by Gasteiger charge is 2.07. The van der Waals surface area contributed by atoms with Gasteiger partial charge in [-0.2, -0.15) is 0 Å². The molecule has 2 aromatic heterocycles. The number of hydrogen-bond acceptors (Lipinski definition) is 5. The highest BCUT2D eigenvalue weighted by molar-refractivity contribution is 5.91. The summed E-state index contributed by atoms with van der Waals surface area (Å²) in [5.41, 5.74) is 7.90. The van der Waals surface area contributed by atoms with E-state index in [2.05, 4.69) is 20.3 Å². The molecule has 3 aromatic rings. The van der Waals surface area contributed by atoms with Crippen molar-refractivity contribution in [2.45, 2.75) is 6.42 Å². The molecule has 0 spiro atoms. The molecular formula is C17H18N6O3. The van der Waals surface area contributed by atoms with Crippen LogP contribution in [0.3, 0.4) is 0 Å². The predicted molar refractivity (Wildman–Crippen MR) is 99.6 cm³/mol.